The molecule has 0 amide bonds. The maximum Gasteiger partial charge on any atom is 0.110 e. The molecule has 2 heterocycles. The molecule has 0 radical (unpaired) electrons. The summed E-state index contributed by atoms with van der Waals surface area (Å²) in [5.41, 5.74) is 7.73. The predicted molar refractivity (Wildman–Crippen MR) is 76.3 cm³/mol. The molecule has 0 aromatic carbocycles. The molecule has 2 rings (SSSR count). The molecule has 0 aliphatic rings. The van der Waals surface area contributed by atoms with Gasteiger partial charge in [-0.3, -0.25) is 4.68 Å². The van der Waals surface area contributed by atoms with Crippen molar-refractivity contribution in [1.82, 2.24) is 19.3 Å². The fourth-order valence-corrected chi connectivity index (χ4v) is 2.34. The largest absolute Gasteiger partial charge is 0.329 e. The molecule has 1 atom stereocenters. The van der Waals surface area contributed by atoms with Crippen LogP contribution in [-0.4, -0.2) is 25.4 Å². The first kappa shape index (κ1) is 14.1. The van der Waals surface area contributed by atoms with Crippen molar-refractivity contribution in [2.75, 3.05) is 0 Å². The first-order chi connectivity index (χ1) is 9.02. The molecule has 5 nitrogen and oxygen atoms in total. The summed E-state index contributed by atoms with van der Waals surface area (Å²) in [5.74, 6) is 0.979. The van der Waals surface area contributed by atoms with Crippen LogP contribution in [0.3, 0.4) is 0 Å². The SMILES string of the molecule is CCn1nc(C)c(Cl)c1Cn1ccnc1CC(C)N. The van der Waals surface area contributed by atoms with Crippen LogP contribution in [0.1, 0.15) is 31.1 Å². The standard InChI is InChI=1S/C13H20ClN5/c1-4-19-11(13(14)10(3)17-19)8-18-6-5-16-12(18)7-9(2)15/h5-6,9H,4,7-8,15H2,1-3H3. The molecule has 0 spiro atoms. The Morgan fingerprint density at radius 1 is 1.47 bits per heavy atom. The molecule has 0 aliphatic heterocycles. The molecule has 1 unspecified atom stereocenters. The van der Waals surface area contributed by atoms with Crippen LogP contribution >= 0.6 is 11.6 Å². The van der Waals surface area contributed by atoms with Gasteiger partial charge in [0.25, 0.3) is 0 Å². The van der Waals surface area contributed by atoms with Crippen molar-refractivity contribution in [2.24, 2.45) is 5.73 Å². The lowest BCUT2D eigenvalue weighted by molar-refractivity contribution is 0.580. The molecule has 2 aromatic heterocycles. The average Bonchev–Trinajstić information content (AvgIpc) is 2.88. The molecule has 0 fully saturated rings. The molecular formula is C13H20ClN5. The number of aromatic nitrogens is 4. The minimum absolute atomic E-state index is 0.0921. The second-order valence-corrected chi connectivity index (χ2v) is 5.19. The zero-order valence-electron chi connectivity index (χ0n) is 11.6. The molecule has 0 saturated heterocycles. The summed E-state index contributed by atoms with van der Waals surface area (Å²) < 4.78 is 4.02. The summed E-state index contributed by atoms with van der Waals surface area (Å²) >= 11 is 6.33. The maximum absolute atomic E-state index is 6.33. The monoisotopic (exact) mass is 281 g/mol. The highest BCUT2D eigenvalue weighted by atomic mass is 35.5. The molecule has 6 heteroatoms. The first-order valence-corrected chi connectivity index (χ1v) is 6.88. The highest BCUT2D eigenvalue weighted by Crippen LogP contribution is 2.21. The van der Waals surface area contributed by atoms with Gasteiger partial charge in [-0.2, -0.15) is 5.10 Å². The van der Waals surface area contributed by atoms with Crippen LogP contribution in [0.15, 0.2) is 12.4 Å². The molecular weight excluding hydrogens is 262 g/mol. The molecule has 104 valence electrons. The van der Waals surface area contributed by atoms with Crippen molar-refractivity contribution in [3.8, 4) is 0 Å². The van der Waals surface area contributed by atoms with E-state index in [1.807, 2.05) is 24.7 Å². The number of nitrogens with two attached hydrogens (primary N) is 1. The van der Waals surface area contributed by atoms with Gasteiger partial charge < -0.3 is 10.3 Å². The van der Waals surface area contributed by atoms with Crippen LogP contribution in [0.5, 0.6) is 0 Å². The number of imidazole rings is 1. The third-order valence-electron chi connectivity index (χ3n) is 3.08. The maximum atomic E-state index is 6.33. The van der Waals surface area contributed by atoms with Crippen molar-refractivity contribution in [2.45, 2.75) is 46.3 Å². The van der Waals surface area contributed by atoms with E-state index in [1.165, 1.54) is 0 Å². The van der Waals surface area contributed by atoms with E-state index in [-0.39, 0.29) is 6.04 Å². The minimum Gasteiger partial charge on any atom is -0.329 e. The van der Waals surface area contributed by atoms with Gasteiger partial charge in [-0.05, 0) is 20.8 Å². The van der Waals surface area contributed by atoms with Crippen LogP contribution in [0.4, 0.5) is 0 Å². The van der Waals surface area contributed by atoms with Crippen LogP contribution in [0.2, 0.25) is 5.02 Å². The highest BCUT2D eigenvalue weighted by Gasteiger charge is 2.14. The molecule has 0 aliphatic carbocycles. The van der Waals surface area contributed by atoms with E-state index in [4.69, 9.17) is 17.3 Å². The Kier molecular flexibility index (Phi) is 4.27. The van der Waals surface area contributed by atoms with Crippen molar-refractivity contribution in [1.29, 1.82) is 0 Å². The Morgan fingerprint density at radius 3 is 2.84 bits per heavy atom. The van der Waals surface area contributed by atoms with E-state index in [0.29, 0.717) is 6.54 Å². The lowest BCUT2D eigenvalue weighted by Gasteiger charge is -2.11. The summed E-state index contributed by atoms with van der Waals surface area (Å²) in [7, 11) is 0. The van der Waals surface area contributed by atoms with Crippen molar-refractivity contribution in [3.05, 3.63) is 34.6 Å². The van der Waals surface area contributed by atoms with E-state index in [0.717, 1.165) is 35.2 Å². The average molecular weight is 282 g/mol. The molecule has 0 bridgehead atoms. The van der Waals surface area contributed by atoms with Crippen LogP contribution < -0.4 is 5.73 Å². The molecule has 2 N–H and O–H groups in total. The van der Waals surface area contributed by atoms with Gasteiger partial charge in [0.1, 0.15) is 5.82 Å². The van der Waals surface area contributed by atoms with Crippen molar-refractivity contribution >= 4 is 11.6 Å². The number of halogens is 1. The summed E-state index contributed by atoms with van der Waals surface area (Å²) in [4.78, 5) is 4.35. The number of hydrogen-bond acceptors (Lipinski definition) is 3. The topological polar surface area (TPSA) is 61.7 Å². The molecule has 2 aromatic rings. The number of nitrogens with zero attached hydrogens (tertiary/aromatic N) is 4. The van der Waals surface area contributed by atoms with Gasteiger partial charge in [0.15, 0.2) is 0 Å². The van der Waals surface area contributed by atoms with Crippen LogP contribution in [-0.2, 0) is 19.5 Å². The minimum atomic E-state index is 0.0921. The quantitative estimate of drug-likeness (QED) is 0.912. The van der Waals surface area contributed by atoms with Gasteiger partial charge in [0, 0.05) is 31.4 Å². The Labute approximate surface area is 118 Å². The highest BCUT2D eigenvalue weighted by molar-refractivity contribution is 6.31. The Hall–Kier alpha value is -1.33. The Morgan fingerprint density at radius 2 is 2.21 bits per heavy atom. The smallest absolute Gasteiger partial charge is 0.110 e. The lowest BCUT2D eigenvalue weighted by Crippen LogP contribution is -2.21. The zero-order valence-corrected chi connectivity index (χ0v) is 12.4. The lowest BCUT2D eigenvalue weighted by atomic mass is 10.2. The fraction of sp³-hybridized carbons (Fsp3) is 0.538. The number of rotatable bonds is 5. The van der Waals surface area contributed by atoms with Crippen LogP contribution in [0.25, 0.3) is 0 Å². The second-order valence-electron chi connectivity index (χ2n) is 4.81. The third kappa shape index (κ3) is 2.98. The Bertz CT molecular complexity index is 555. The normalized spacial score (nSPS) is 12.9. The third-order valence-corrected chi connectivity index (χ3v) is 3.57. The fourth-order valence-electron chi connectivity index (χ4n) is 2.14. The number of aryl methyl sites for hydroxylation is 2. The summed E-state index contributed by atoms with van der Waals surface area (Å²) in [6, 6.07) is 0.0921. The first-order valence-electron chi connectivity index (χ1n) is 6.50. The second kappa shape index (κ2) is 5.75. The van der Waals surface area contributed by atoms with E-state index >= 15 is 0 Å². The van der Waals surface area contributed by atoms with E-state index in [2.05, 4.69) is 21.6 Å². The van der Waals surface area contributed by atoms with E-state index in [1.54, 1.807) is 6.20 Å². The van der Waals surface area contributed by atoms with Gasteiger partial charge in [0.2, 0.25) is 0 Å². The summed E-state index contributed by atoms with van der Waals surface area (Å²) in [5, 5.41) is 5.16. The van der Waals surface area contributed by atoms with Crippen molar-refractivity contribution < 1.29 is 0 Å². The predicted octanol–water partition coefficient (Wildman–Crippen LogP) is 2.00. The van der Waals surface area contributed by atoms with Gasteiger partial charge in [-0.25, -0.2) is 4.98 Å². The number of hydrogen-bond donors (Lipinski definition) is 1. The van der Waals surface area contributed by atoms with Crippen LogP contribution in [0, 0.1) is 6.92 Å². The Balaban J connectivity index is 2.29. The van der Waals surface area contributed by atoms with Gasteiger partial charge in [-0.15, -0.1) is 0 Å². The molecule has 0 saturated carbocycles. The van der Waals surface area contributed by atoms with E-state index < -0.39 is 0 Å². The van der Waals surface area contributed by atoms with Crippen molar-refractivity contribution in [3.63, 3.8) is 0 Å². The molecule has 19 heavy (non-hydrogen) atoms. The van der Waals surface area contributed by atoms with Gasteiger partial charge >= 0.3 is 0 Å². The zero-order chi connectivity index (χ0) is 14.0. The summed E-state index contributed by atoms with van der Waals surface area (Å²) in [6.45, 7) is 7.44. The van der Waals surface area contributed by atoms with Gasteiger partial charge in [0.05, 0.1) is 23.0 Å². The van der Waals surface area contributed by atoms with Gasteiger partial charge in [-0.1, -0.05) is 11.6 Å². The summed E-state index contributed by atoms with van der Waals surface area (Å²) in [6.07, 6.45) is 4.51. The van der Waals surface area contributed by atoms with E-state index in [9.17, 15) is 0 Å².